The predicted molar refractivity (Wildman–Crippen MR) is 66.2 cm³/mol. The fourth-order valence-electron chi connectivity index (χ4n) is 2.54. The Kier molecular flexibility index (Phi) is 2.50. The van der Waals surface area contributed by atoms with Gasteiger partial charge in [0.05, 0.1) is 6.61 Å². The second kappa shape index (κ2) is 4.02. The summed E-state index contributed by atoms with van der Waals surface area (Å²) in [6.07, 6.45) is 2.51. The maximum atomic E-state index is 11.9. The van der Waals surface area contributed by atoms with Crippen LogP contribution in [0.25, 0.3) is 5.57 Å². The van der Waals surface area contributed by atoms with E-state index in [1.165, 1.54) is 24.0 Å². The van der Waals surface area contributed by atoms with E-state index in [1.54, 1.807) is 0 Å². The minimum absolute atomic E-state index is 0.108. The monoisotopic (exact) mass is 228 g/mol. The number of ether oxygens (including phenoxy) is 1. The van der Waals surface area contributed by atoms with Gasteiger partial charge in [0.2, 0.25) is 0 Å². The molecule has 0 bridgehead atoms. The molecule has 1 aromatic rings. The van der Waals surface area contributed by atoms with Crippen molar-refractivity contribution in [1.82, 2.24) is 0 Å². The average Bonchev–Trinajstić information content (AvgIpc) is 3.22. The number of carbonyl (C=O) groups is 1. The lowest BCUT2D eigenvalue weighted by molar-refractivity contribution is -0.138. The molecule has 88 valence electrons. The van der Waals surface area contributed by atoms with Crippen LogP contribution in [-0.2, 0) is 9.53 Å². The Morgan fingerprint density at radius 3 is 2.59 bits per heavy atom. The van der Waals surface area contributed by atoms with E-state index in [-0.39, 0.29) is 5.97 Å². The number of benzene rings is 1. The Morgan fingerprint density at radius 2 is 2.00 bits per heavy atom. The Hall–Kier alpha value is -1.57. The van der Waals surface area contributed by atoms with Gasteiger partial charge >= 0.3 is 5.97 Å². The van der Waals surface area contributed by atoms with Crippen LogP contribution in [0.5, 0.6) is 0 Å². The van der Waals surface area contributed by atoms with Crippen LogP contribution in [0.2, 0.25) is 0 Å². The largest absolute Gasteiger partial charge is 0.463 e. The maximum Gasteiger partial charge on any atom is 0.334 e. The molecule has 1 aromatic carbocycles. The van der Waals surface area contributed by atoms with Gasteiger partial charge in [-0.15, -0.1) is 0 Å². The van der Waals surface area contributed by atoms with Crippen molar-refractivity contribution in [3.8, 4) is 0 Å². The SMILES string of the molecule is CCOC(=O)C1=C(c2ccccc2)C1C1CC1. The van der Waals surface area contributed by atoms with Crippen LogP contribution in [0.3, 0.4) is 0 Å². The molecule has 0 heterocycles. The molecule has 0 amide bonds. The first-order chi connectivity index (χ1) is 8.33. The van der Waals surface area contributed by atoms with Crippen LogP contribution >= 0.6 is 0 Å². The average molecular weight is 228 g/mol. The quantitative estimate of drug-likeness (QED) is 0.740. The van der Waals surface area contributed by atoms with E-state index in [1.807, 2.05) is 25.1 Å². The molecule has 0 aliphatic heterocycles. The summed E-state index contributed by atoms with van der Waals surface area (Å²) in [5.74, 6) is 0.976. The van der Waals surface area contributed by atoms with Crippen LogP contribution in [0, 0.1) is 11.8 Å². The first kappa shape index (κ1) is 10.6. The number of rotatable bonds is 4. The molecular formula is C15H16O2. The summed E-state index contributed by atoms with van der Waals surface area (Å²) in [5, 5.41) is 0. The zero-order chi connectivity index (χ0) is 11.8. The molecule has 17 heavy (non-hydrogen) atoms. The highest BCUT2D eigenvalue weighted by Gasteiger charge is 2.51. The van der Waals surface area contributed by atoms with E-state index in [9.17, 15) is 4.79 Å². The van der Waals surface area contributed by atoms with Crippen LogP contribution in [0.15, 0.2) is 35.9 Å². The van der Waals surface area contributed by atoms with Crippen LogP contribution in [0.4, 0.5) is 0 Å². The third kappa shape index (κ3) is 1.88. The highest BCUT2D eigenvalue weighted by molar-refractivity contribution is 6.10. The van der Waals surface area contributed by atoms with Crippen molar-refractivity contribution in [2.24, 2.45) is 11.8 Å². The third-order valence-electron chi connectivity index (χ3n) is 3.50. The normalized spacial score (nSPS) is 22.5. The van der Waals surface area contributed by atoms with Crippen molar-refractivity contribution in [3.63, 3.8) is 0 Å². The summed E-state index contributed by atoms with van der Waals surface area (Å²) in [5.41, 5.74) is 3.35. The molecule has 3 rings (SSSR count). The zero-order valence-electron chi connectivity index (χ0n) is 9.98. The Bertz CT molecular complexity index is 469. The molecule has 0 radical (unpaired) electrons. The van der Waals surface area contributed by atoms with E-state index in [2.05, 4.69) is 12.1 Å². The zero-order valence-corrected chi connectivity index (χ0v) is 9.98. The van der Waals surface area contributed by atoms with Gasteiger partial charge in [0, 0.05) is 11.5 Å². The van der Waals surface area contributed by atoms with Crippen molar-refractivity contribution >= 4 is 11.5 Å². The van der Waals surface area contributed by atoms with Gasteiger partial charge in [-0.05, 0) is 36.8 Å². The van der Waals surface area contributed by atoms with E-state index >= 15 is 0 Å². The molecular weight excluding hydrogens is 212 g/mol. The summed E-state index contributed by atoms with van der Waals surface area (Å²) < 4.78 is 5.13. The first-order valence-corrected chi connectivity index (χ1v) is 6.29. The second-order valence-corrected chi connectivity index (χ2v) is 4.73. The molecule has 0 N–H and O–H groups in total. The van der Waals surface area contributed by atoms with Gasteiger partial charge in [-0.2, -0.15) is 0 Å². The maximum absolute atomic E-state index is 11.9. The van der Waals surface area contributed by atoms with Crippen molar-refractivity contribution in [2.45, 2.75) is 19.8 Å². The van der Waals surface area contributed by atoms with Crippen LogP contribution < -0.4 is 0 Å². The minimum Gasteiger partial charge on any atom is -0.463 e. The highest BCUT2D eigenvalue weighted by atomic mass is 16.5. The third-order valence-corrected chi connectivity index (χ3v) is 3.50. The van der Waals surface area contributed by atoms with Gasteiger partial charge in [0.1, 0.15) is 0 Å². The molecule has 2 heteroatoms. The summed E-state index contributed by atoms with van der Waals surface area (Å²) in [7, 11) is 0. The highest BCUT2D eigenvalue weighted by Crippen LogP contribution is 2.58. The van der Waals surface area contributed by atoms with E-state index in [0.29, 0.717) is 18.4 Å². The predicted octanol–water partition coefficient (Wildman–Crippen LogP) is 3.04. The topological polar surface area (TPSA) is 26.3 Å². The molecule has 0 saturated heterocycles. The summed E-state index contributed by atoms with van der Waals surface area (Å²) >= 11 is 0. The van der Waals surface area contributed by atoms with Crippen molar-refractivity contribution < 1.29 is 9.53 Å². The summed E-state index contributed by atoms with van der Waals surface area (Å²) in [6, 6.07) is 10.2. The first-order valence-electron chi connectivity index (χ1n) is 6.29. The number of carbonyl (C=O) groups excluding carboxylic acids is 1. The van der Waals surface area contributed by atoms with Gasteiger partial charge in [0.25, 0.3) is 0 Å². The van der Waals surface area contributed by atoms with Crippen molar-refractivity contribution in [1.29, 1.82) is 0 Å². The fourth-order valence-corrected chi connectivity index (χ4v) is 2.54. The Balaban J connectivity index is 1.87. The molecule has 2 aliphatic rings. The summed E-state index contributed by atoms with van der Waals surface area (Å²) in [4.78, 5) is 11.9. The standard InChI is InChI=1S/C15H16O2/c1-2-17-15(16)14-12(13(14)11-8-9-11)10-6-4-3-5-7-10/h3-7,11,13H,2,8-9H2,1H3. The van der Waals surface area contributed by atoms with Crippen molar-refractivity contribution in [2.75, 3.05) is 6.61 Å². The van der Waals surface area contributed by atoms with Gasteiger partial charge < -0.3 is 4.74 Å². The fraction of sp³-hybridized carbons (Fsp3) is 0.400. The lowest BCUT2D eigenvalue weighted by Gasteiger charge is -1.98. The van der Waals surface area contributed by atoms with Crippen LogP contribution in [-0.4, -0.2) is 12.6 Å². The van der Waals surface area contributed by atoms with E-state index in [0.717, 1.165) is 5.57 Å². The molecule has 2 nitrogen and oxygen atoms in total. The number of esters is 1. The summed E-state index contributed by atoms with van der Waals surface area (Å²) in [6.45, 7) is 2.32. The van der Waals surface area contributed by atoms with Crippen molar-refractivity contribution in [3.05, 3.63) is 41.5 Å². The number of hydrogen-bond donors (Lipinski definition) is 0. The van der Waals surface area contributed by atoms with Gasteiger partial charge in [-0.25, -0.2) is 4.79 Å². The molecule has 2 aliphatic carbocycles. The van der Waals surface area contributed by atoms with Crippen LogP contribution in [0.1, 0.15) is 25.3 Å². The molecule has 1 unspecified atom stereocenters. The lowest BCUT2D eigenvalue weighted by Crippen LogP contribution is -2.04. The molecule has 0 spiro atoms. The second-order valence-electron chi connectivity index (χ2n) is 4.73. The molecule has 1 atom stereocenters. The Labute approximate surface area is 101 Å². The van der Waals surface area contributed by atoms with Gasteiger partial charge in [0.15, 0.2) is 0 Å². The molecule has 0 aromatic heterocycles. The lowest BCUT2D eigenvalue weighted by atomic mass is 10.1. The number of hydrogen-bond acceptors (Lipinski definition) is 2. The molecule has 1 saturated carbocycles. The smallest absolute Gasteiger partial charge is 0.334 e. The van der Waals surface area contributed by atoms with E-state index in [4.69, 9.17) is 4.74 Å². The Morgan fingerprint density at radius 1 is 1.29 bits per heavy atom. The minimum atomic E-state index is -0.108. The van der Waals surface area contributed by atoms with Gasteiger partial charge in [-0.1, -0.05) is 30.3 Å². The number of allylic oxidation sites excluding steroid dienone is 1. The molecule has 1 fully saturated rings. The van der Waals surface area contributed by atoms with E-state index < -0.39 is 0 Å². The van der Waals surface area contributed by atoms with Gasteiger partial charge in [-0.3, -0.25) is 0 Å².